The molecule has 10 heteroatoms. The lowest BCUT2D eigenvalue weighted by atomic mass is 10.3. The number of urea groups is 1. The number of nitrogens with two attached hydrogens (primary N) is 1. The minimum Gasteiger partial charge on any atom is -0.480 e. The van der Waals surface area contributed by atoms with Crippen molar-refractivity contribution in [1.82, 2.24) is 4.90 Å². The van der Waals surface area contributed by atoms with Gasteiger partial charge in [-0.3, -0.25) is 9.59 Å². The molecule has 0 radical (unpaired) electrons. The van der Waals surface area contributed by atoms with Crippen molar-refractivity contribution < 1.29 is 23.9 Å². The van der Waals surface area contributed by atoms with Gasteiger partial charge in [0.2, 0.25) is 5.91 Å². The van der Waals surface area contributed by atoms with Crippen molar-refractivity contribution in [3.8, 4) is 0 Å². The first-order chi connectivity index (χ1) is 9.70. The maximum absolute atomic E-state index is 13.0. The molecule has 0 bridgehead atoms. The number of primary amides is 1. The Hall–Kier alpha value is -2.06. The fourth-order valence-electron chi connectivity index (χ4n) is 1.40. The second-order valence-electron chi connectivity index (χ2n) is 3.89. The van der Waals surface area contributed by atoms with Gasteiger partial charge in [0.1, 0.15) is 18.9 Å². The first kappa shape index (κ1) is 17.0. The van der Waals surface area contributed by atoms with Gasteiger partial charge in [-0.05, 0) is 12.1 Å². The molecule has 3 amide bonds. The number of carboxylic acid groups (broad SMARTS) is 1. The van der Waals surface area contributed by atoms with E-state index in [1.807, 2.05) is 0 Å². The third kappa shape index (κ3) is 5.09. The summed E-state index contributed by atoms with van der Waals surface area (Å²) in [5, 5.41) is 10.5. The Morgan fingerprint density at radius 1 is 1.24 bits per heavy atom. The van der Waals surface area contributed by atoms with Gasteiger partial charge in [-0.15, -0.1) is 0 Å². The van der Waals surface area contributed by atoms with E-state index in [1.165, 1.54) is 0 Å². The highest BCUT2D eigenvalue weighted by Gasteiger charge is 2.21. The first-order valence-corrected chi connectivity index (χ1v) is 6.17. The highest BCUT2D eigenvalue weighted by molar-refractivity contribution is 6.39. The molecular weight excluding hydrogens is 328 g/mol. The summed E-state index contributed by atoms with van der Waals surface area (Å²) in [6, 6.07) is 0.865. The summed E-state index contributed by atoms with van der Waals surface area (Å²) in [5.41, 5.74) is 4.82. The Morgan fingerprint density at radius 2 is 1.76 bits per heavy atom. The molecule has 21 heavy (non-hydrogen) atoms. The molecular formula is C11H10Cl2FN3O4. The van der Waals surface area contributed by atoms with Crippen LogP contribution >= 0.6 is 23.2 Å². The fourth-order valence-corrected chi connectivity index (χ4v) is 1.95. The minimum absolute atomic E-state index is 0.107. The third-order valence-electron chi connectivity index (χ3n) is 2.20. The van der Waals surface area contributed by atoms with Gasteiger partial charge in [0.15, 0.2) is 0 Å². The molecule has 0 heterocycles. The molecule has 114 valence electrons. The van der Waals surface area contributed by atoms with Gasteiger partial charge < -0.3 is 21.1 Å². The number of aliphatic carboxylic acids is 1. The summed E-state index contributed by atoms with van der Waals surface area (Å²) >= 11 is 11.5. The summed E-state index contributed by atoms with van der Waals surface area (Å²) in [6.45, 7) is -1.38. The maximum Gasteiger partial charge on any atom is 0.323 e. The van der Waals surface area contributed by atoms with Gasteiger partial charge in [-0.25, -0.2) is 9.18 Å². The zero-order valence-electron chi connectivity index (χ0n) is 10.4. The number of rotatable bonds is 5. The molecule has 0 aromatic heterocycles. The highest BCUT2D eigenvalue weighted by atomic mass is 35.5. The molecule has 4 N–H and O–H groups in total. The van der Waals surface area contributed by atoms with Crippen LogP contribution in [0.2, 0.25) is 10.0 Å². The number of carboxylic acids is 1. The largest absolute Gasteiger partial charge is 0.480 e. The number of amides is 3. The Labute approximate surface area is 128 Å². The summed E-state index contributed by atoms with van der Waals surface area (Å²) < 4.78 is 13.0. The third-order valence-corrected chi connectivity index (χ3v) is 2.80. The number of carbonyl (C=O) groups excluding carboxylic acids is 2. The van der Waals surface area contributed by atoms with E-state index in [0.717, 1.165) is 12.1 Å². The van der Waals surface area contributed by atoms with Crippen LogP contribution in [0, 0.1) is 5.82 Å². The molecule has 1 aromatic carbocycles. The molecule has 0 spiro atoms. The van der Waals surface area contributed by atoms with Gasteiger partial charge in [-0.1, -0.05) is 23.2 Å². The van der Waals surface area contributed by atoms with Gasteiger partial charge >= 0.3 is 12.0 Å². The molecule has 0 saturated carbocycles. The molecule has 0 aliphatic carbocycles. The molecule has 0 aliphatic heterocycles. The summed E-state index contributed by atoms with van der Waals surface area (Å²) in [5.74, 6) is -2.95. The molecule has 0 atom stereocenters. The Kier molecular flexibility index (Phi) is 5.74. The van der Waals surface area contributed by atoms with Crippen LogP contribution in [0.4, 0.5) is 14.9 Å². The highest BCUT2D eigenvalue weighted by Crippen LogP contribution is 2.31. The van der Waals surface area contributed by atoms with Crippen LogP contribution < -0.4 is 11.1 Å². The molecule has 1 aromatic rings. The van der Waals surface area contributed by atoms with E-state index >= 15 is 0 Å². The zero-order valence-corrected chi connectivity index (χ0v) is 11.9. The van der Waals surface area contributed by atoms with Crippen molar-refractivity contribution in [2.75, 3.05) is 18.4 Å². The average molecular weight is 338 g/mol. The molecule has 1 rings (SSSR count). The van der Waals surface area contributed by atoms with Gasteiger partial charge in [-0.2, -0.15) is 0 Å². The number of benzene rings is 1. The Morgan fingerprint density at radius 3 is 2.19 bits per heavy atom. The number of hydrogen-bond acceptors (Lipinski definition) is 3. The Bertz CT molecular complexity index is 558. The van der Waals surface area contributed by atoms with Crippen molar-refractivity contribution >= 4 is 46.8 Å². The molecule has 0 aliphatic rings. The second kappa shape index (κ2) is 7.09. The van der Waals surface area contributed by atoms with Crippen LogP contribution in [-0.4, -0.2) is 41.0 Å². The van der Waals surface area contributed by atoms with Crippen LogP contribution in [0.3, 0.4) is 0 Å². The zero-order chi connectivity index (χ0) is 16.2. The van der Waals surface area contributed by atoms with E-state index in [2.05, 4.69) is 5.32 Å². The number of nitrogens with one attached hydrogen (secondary N) is 1. The topological polar surface area (TPSA) is 113 Å². The molecule has 7 nitrogen and oxygen atoms in total. The number of carbonyl (C=O) groups is 3. The van der Waals surface area contributed by atoms with E-state index in [-0.39, 0.29) is 15.7 Å². The quantitative estimate of drug-likeness (QED) is 0.756. The monoisotopic (exact) mass is 337 g/mol. The van der Waals surface area contributed by atoms with E-state index in [0.29, 0.717) is 4.90 Å². The van der Waals surface area contributed by atoms with Gasteiger partial charge in [0.25, 0.3) is 0 Å². The van der Waals surface area contributed by atoms with Crippen LogP contribution in [0.25, 0.3) is 0 Å². The van der Waals surface area contributed by atoms with E-state index in [1.54, 1.807) is 0 Å². The number of anilines is 1. The summed E-state index contributed by atoms with van der Waals surface area (Å²) in [6.07, 6.45) is 0. The van der Waals surface area contributed by atoms with Gasteiger partial charge in [0, 0.05) is 0 Å². The van der Waals surface area contributed by atoms with Crippen molar-refractivity contribution in [3.63, 3.8) is 0 Å². The van der Waals surface area contributed by atoms with Gasteiger partial charge in [0.05, 0.1) is 15.7 Å². The second-order valence-corrected chi connectivity index (χ2v) is 4.71. The first-order valence-electron chi connectivity index (χ1n) is 5.41. The normalized spacial score (nSPS) is 10.0. The SMILES string of the molecule is NC(=O)CN(CC(=O)O)C(=O)Nc1c(Cl)cc(F)cc1Cl. The van der Waals surface area contributed by atoms with Crippen molar-refractivity contribution in [3.05, 3.63) is 28.0 Å². The lowest BCUT2D eigenvalue weighted by molar-refractivity contribution is -0.137. The summed E-state index contributed by atoms with van der Waals surface area (Å²) in [7, 11) is 0. The molecule has 0 unspecified atom stereocenters. The Balaban J connectivity index is 2.96. The smallest absolute Gasteiger partial charge is 0.323 e. The number of nitrogens with zero attached hydrogens (tertiary/aromatic N) is 1. The fraction of sp³-hybridized carbons (Fsp3) is 0.182. The van der Waals surface area contributed by atoms with Crippen LogP contribution in [0.15, 0.2) is 12.1 Å². The van der Waals surface area contributed by atoms with E-state index in [9.17, 15) is 18.8 Å². The van der Waals surface area contributed by atoms with Crippen LogP contribution in [0.5, 0.6) is 0 Å². The average Bonchev–Trinajstić information content (AvgIpc) is 2.31. The minimum atomic E-state index is -1.34. The standard InChI is InChI=1S/C11H10Cl2FN3O4/c12-6-1-5(14)2-7(13)10(6)16-11(21)17(3-8(15)18)4-9(19)20/h1-2H,3-4H2,(H2,15,18)(H,16,21)(H,19,20). The predicted molar refractivity (Wildman–Crippen MR) is 73.8 cm³/mol. The number of halogens is 3. The summed E-state index contributed by atoms with van der Waals surface area (Å²) in [4.78, 5) is 34.0. The van der Waals surface area contributed by atoms with E-state index < -0.39 is 36.8 Å². The van der Waals surface area contributed by atoms with Crippen LogP contribution in [0.1, 0.15) is 0 Å². The number of hydrogen-bond donors (Lipinski definition) is 3. The lowest BCUT2D eigenvalue weighted by Gasteiger charge is -2.20. The van der Waals surface area contributed by atoms with Crippen molar-refractivity contribution in [2.24, 2.45) is 5.73 Å². The van der Waals surface area contributed by atoms with Crippen molar-refractivity contribution in [1.29, 1.82) is 0 Å². The molecule has 0 saturated heterocycles. The van der Waals surface area contributed by atoms with Crippen LogP contribution in [-0.2, 0) is 9.59 Å². The lowest BCUT2D eigenvalue weighted by Crippen LogP contribution is -2.43. The van der Waals surface area contributed by atoms with E-state index in [4.69, 9.17) is 34.0 Å². The van der Waals surface area contributed by atoms with Crippen molar-refractivity contribution in [2.45, 2.75) is 0 Å². The predicted octanol–water partition coefficient (Wildman–Crippen LogP) is 1.54. The maximum atomic E-state index is 13.0. The molecule has 0 fully saturated rings.